The Morgan fingerprint density at radius 1 is 1.12 bits per heavy atom. The number of amides is 1. The summed E-state index contributed by atoms with van der Waals surface area (Å²) in [5, 5.41) is 2.98. The zero-order valence-corrected chi connectivity index (χ0v) is 13.8. The maximum atomic E-state index is 12.5. The number of nitrogens with one attached hydrogen (secondary N) is 1. The van der Waals surface area contributed by atoms with Crippen LogP contribution in [0.2, 0.25) is 0 Å². The van der Waals surface area contributed by atoms with E-state index in [1.54, 1.807) is 20.3 Å². The van der Waals surface area contributed by atoms with E-state index in [1.165, 1.54) is 0 Å². The molecule has 0 unspecified atom stereocenters. The van der Waals surface area contributed by atoms with Gasteiger partial charge >= 0.3 is 0 Å². The Kier molecular flexibility index (Phi) is 5.13. The van der Waals surface area contributed by atoms with Gasteiger partial charge in [0, 0.05) is 18.2 Å². The Balaban J connectivity index is 1.81. The second kappa shape index (κ2) is 7.47. The summed E-state index contributed by atoms with van der Waals surface area (Å²) in [5.41, 5.74) is 2.49. The number of benzene rings is 2. The standard InChI is InChI=1S/C19H21NO4/c1-22-17-9-4-3-8-15(17)13-6-5-7-14(10-13)19(21)20-16-11-24-12-18(16)23-2/h3-10,16,18H,11-12H2,1-2H3,(H,20,21)/t16-,18-/m1/s1. The topological polar surface area (TPSA) is 56.8 Å². The molecule has 0 saturated carbocycles. The third-order valence-electron chi connectivity index (χ3n) is 4.19. The largest absolute Gasteiger partial charge is 0.496 e. The average molecular weight is 327 g/mol. The molecule has 24 heavy (non-hydrogen) atoms. The highest BCUT2D eigenvalue weighted by Crippen LogP contribution is 2.30. The fourth-order valence-electron chi connectivity index (χ4n) is 2.86. The minimum atomic E-state index is -0.135. The molecular weight excluding hydrogens is 306 g/mol. The molecule has 1 aliphatic rings. The smallest absolute Gasteiger partial charge is 0.251 e. The molecular formula is C19H21NO4. The van der Waals surface area contributed by atoms with Crippen LogP contribution in [-0.2, 0) is 9.47 Å². The van der Waals surface area contributed by atoms with Gasteiger partial charge < -0.3 is 19.5 Å². The van der Waals surface area contributed by atoms with Gasteiger partial charge in [0.2, 0.25) is 0 Å². The van der Waals surface area contributed by atoms with Crippen molar-refractivity contribution in [2.75, 3.05) is 27.4 Å². The number of carbonyl (C=O) groups excluding carboxylic acids is 1. The molecule has 0 spiro atoms. The first kappa shape index (κ1) is 16.5. The molecule has 2 aromatic rings. The van der Waals surface area contributed by atoms with Gasteiger partial charge in [-0.2, -0.15) is 0 Å². The third-order valence-corrected chi connectivity index (χ3v) is 4.19. The molecule has 0 aliphatic carbocycles. The molecule has 0 bridgehead atoms. The van der Waals surface area contributed by atoms with E-state index in [0.717, 1.165) is 16.9 Å². The van der Waals surface area contributed by atoms with Crippen LogP contribution < -0.4 is 10.1 Å². The first-order valence-electron chi connectivity index (χ1n) is 7.88. The molecule has 2 atom stereocenters. The quantitative estimate of drug-likeness (QED) is 0.917. The molecule has 1 aliphatic heterocycles. The van der Waals surface area contributed by atoms with E-state index in [4.69, 9.17) is 14.2 Å². The normalized spacial score (nSPS) is 19.9. The minimum absolute atomic E-state index is 0.105. The number of hydrogen-bond acceptors (Lipinski definition) is 4. The van der Waals surface area contributed by atoms with Crippen molar-refractivity contribution >= 4 is 5.91 Å². The second-order valence-corrected chi connectivity index (χ2v) is 5.67. The summed E-state index contributed by atoms with van der Waals surface area (Å²) in [5.74, 6) is 0.642. The van der Waals surface area contributed by atoms with Crippen molar-refractivity contribution in [3.63, 3.8) is 0 Å². The van der Waals surface area contributed by atoms with E-state index in [1.807, 2.05) is 42.5 Å². The zero-order valence-electron chi connectivity index (χ0n) is 13.8. The van der Waals surface area contributed by atoms with Gasteiger partial charge in [-0.05, 0) is 23.8 Å². The van der Waals surface area contributed by atoms with Gasteiger partial charge in [-0.15, -0.1) is 0 Å². The lowest BCUT2D eigenvalue weighted by Gasteiger charge is -2.18. The Morgan fingerprint density at radius 2 is 1.96 bits per heavy atom. The third kappa shape index (κ3) is 3.42. The van der Waals surface area contributed by atoms with Crippen molar-refractivity contribution < 1.29 is 19.0 Å². The van der Waals surface area contributed by atoms with Crippen LogP contribution in [0.3, 0.4) is 0 Å². The van der Waals surface area contributed by atoms with Gasteiger partial charge in [0.05, 0.1) is 26.4 Å². The van der Waals surface area contributed by atoms with E-state index in [9.17, 15) is 4.79 Å². The molecule has 5 nitrogen and oxygen atoms in total. The summed E-state index contributed by atoms with van der Waals surface area (Å²) in [6.07, 6.45) is -0.105. The number of hydrogen-bond donors (Lipinski definition) is 1. The molecule has 126 valence electrons. The molecule has 1 fully saturated rings. The Hall–Kier alpha value is -2.37. The summed E-state index contributed by atoms with van der Waals surface area (Å²) in [6, 6.07) is 15.1. The summed E-state index contributed by atoms with van der Waals surface area (Å²) in [7, 11) is 3.27. The van der Waals surface area contributed by atoms with Crippen molar-refractivity contribution in [3.8, 4) is 16.9 Å². The molecule has 1 N–H and O–H groups in total. The van der Waals surface area contributed by atoms with Crippen molar-refractivity contribution in [1.82, 2.24) is 5.32 Å². The van der Waals surface area contributed by atoms with Gasteiger partial charge in [-0.1, -0.05) is 30.3 Å². The highest BCUT2D eigenvalue weighted by Gasteiger charge is 2.29. The SMILES string of the molecule is COc1ccccc1-c1cccc(C(=O)N[C@@H]2COC[C@H]2OC)c1. The van der Waals surface area contributed by atoms with Gasteiger partial charge in [-0.25, -0.2) is 0 Å². The summed E-state index contributed by atoms with van der Waals surface area (Å²) < 4.78 is 16.1. The van der Waals surface area contributed by atoms with Gasteiger partial charge in [0.1, 0.15) is 11.9 Å². The number of rotatable bonds is 5. The van der Waals surface area contributed by atoms with Crippen LogP contribution in [0, 0.1) is 0 Å². The van der Waals surface area contributed by atoms with Crippen molar-refractivity contribution in [2.45, 2.75) is 12.1 Å². The van der Waals surface area contributed by atoms with Crippen LogP contribution in [0.4, 0.5) is 0 Å². The molecule has 0 aromatic heterocycles. The Morgan fingerprint density at radius 3 is 2.75 bits per heavy atom. The predicted octanol–water partition coefficient (Wildman–Crippen LogP) is 2.51. The van der Waals surface area contributed by atoms with Gasteiger partial charge in [-0.3, -0.25) is 4.79 Å². The lowest BCUT2D eigenvalue weighted by Crippen LogP contribution is -2.43. The predicted molar refractivity (Wildman–Crippen MR) is 91.3 cm³/mol. The molecule has 2 aromatic carbocycles. The maximum Gasteiger partial charge on any atom is 0.251 e. The van der Waals surface area contributed by atoms with Crippen LogP contribution in [-0.4, -0.2) is 45.5 Å². The number of methoxy groups -OCH3 is 2. The van der Waals surface area contributed by atoms with Crippen molar-refractivity contribution in [2.24, 2.45) is 0 Å². The molecule has 1 heterocycles. The zero-order chi connectivity index (χ0) is 16.9. The van der Waals surface area contributed by atoms with Crippen LogP contribution in [0.1, 0.15) is 10.4 Å². The Bertz CT molecular complexity index is 716. The fourth-order valence-corrected chi connectivity index (χ4v) is 2.86. The highest BCUT2D eigenvalue weighted by atomic mass is 16.5. The molecule has 1 saturated heterocycles. The fraction of sp³-hybridized carbons (Fsp3) is 0.316. The van der Waals surface area contributed by atoms with E-state index in [-0.39, 0.29) is 18.1 Å². The first-order chi connectivity index (χ1) is 11.7. The highest BCUT2D eigenvalue weighted by molar-refractivity contribution is 5.96. The number of carbonyl (C=O) groups is 1. The van der Waals surface area contributed by atoms with Crippen molar-refractivity contribution in [1.29, 1.82) is 0 Å². The van der Waals surface area contributed by atoms with Crippen LogP contribution in [0.15, 0.2) is 48.5 Å². The van der Waals surface area contributed by atoms with Crippen LogP contribution in [0.5, 0.6) is 5.75 Å². The lowest BCUT2D eigenvalue weighted by atomic mass is 10.0. The van der Waals surface area contributed by atoms with E-state index in [0.29, 0.717) is 18.8 Å². The van der Waals surface area contributed by atoms with Crippen LogP contribution >= 0.6 is 0 Å². The molecule has 1 amide bonds. The van der Waals surface area contributed by atoms with Gasteiger partial charge in [0.15, 0.2) is 0 Å². The second-order valence-electron chi connectivity index (χ2n) is 5.67. The maximum absolute atomic E-state index is 12.5. The summed E-state index contributed by atoms with van der Waals surface area (Å²) >= 11 is 0. The number of ether oxygens (including phenoxy) is 3. The molecule has 3 rings (SSSR count). The number of para-hydroxylation sites is 1. The minimum Gasteiger partial charge on any atom is -0.496 e. The Labute approximate surface area is 141 Å². The van der Waals surface area contributed by atoms with E-state index < -0.39 is 0 Å². The average Bonchev–Trinajstić information content (AvgIpc) is 3.08. The summed E-state index contributed by atoms with van der Waals surface area (Å²) in [4.78, 5) is 12.5. The van der Waals surface area contributed by atoms with E-state index in [2.05, 4.69) is 5.32 Å². The monoisotopic (exact) mass is 327 g/mol. The summed E-state index contributed by atoms with van der Waals surface area (Å²) in [6.45, 7) is 0.971. The molecule has 5 heteroatoms. The van der Waals surface area contributed by atoms with E-state index >= 15 is 0 Å². The van der Waals surface area contributed by atoms with Gasteiger partial charge in [0.25, 0.3) is 5.91 Å². The van der Waals surface area contributed by atoms with Crippen molar-refractivity contribution in [3.05, 3.63) is 54.1 Å². The van der Waals surface area contributed by atoms with Crippen LogP contribution in [0.25, 0.3) is 11.1 Å². The molecule has 0 radical (unpaired) electrons. The lowest BCUT2D eigenvalue weighted by molar-refractivity contribution is 0.0685. The first-order valence-corrected chi connectivity index (χ1v) is 7.88.